The van der Waals surface area contributed by atoms with E-state index in [0.717, 1.165) is 25.5 Å². The Hall–Kier alpha value is -3.03. The second kappa shape index (κ2) is 10.9. The van der Waals surface area contributed by atoms with E-state index in [4.69, 9.17) is 4.74 Å². The Balaban J connectivity index is 1.55. The summed E-state index contributed by atoms with van der Waals surface area (Å²) in [6, 6.07) is 10.3. The standard InChI is InChI=1S/C27H33FN4O2/c1-20-15-21(2)25(22(3)16-20)18-31-8-7-29-26(31)19-32(10-9-30-11-13-34-14-12-30)27(33)23-5-4-6-24(28)17-23/h4-8,15-17H,9-14,18-19H2,1-3H3. The highest BCUT2D eigenvalue weighted by atomic mass is 19.1. The fourth-order valence-electron chi connectivity index (χ4n) is 4.58. The molecule has 1 amide bonds. The lowest BCUT2D eigenvalue weighted by Crippen LogP contribution is -2.43. The van der Waals surface area contributed by atoms with E-state index < -0.39 is 5.82 Å². The first-order valence-electron chi connectivity index (χ1n) is 11.8. The van der Waals surface area contributed by atoms with Crippen LogP contribution < -0.4 is 0 Å². The molecule has 1 aliphatic rings. The summed E-state index contributed by atoms with van der Waals surface area (Å²) in [7, 11) is 0. The minimum Gasteiger partial charge on any atom is -0.379 e. The van der Waals surface area contributed by atoms with Gasteiger partial charge in [-0.05, 0) is 55.7 Å². The van der Waals surface area contributed by atoms with Gasteiger partial charge in [0.2, 0.25) is 0 Å². The van der Waals surface area contributed by atoms with Crippen LogP contribution in [0.1, 0.15) is 38.4 Å². The normalized spacial score (nSPS) is 14.4. The molecule has 2 heterocycles. The Bertz CT molecular complexity index is 1110. The maximum absolute atomic E-state index is 13.8. The fraction of sp³-hybridized carbons (Fsp3) is 0.407. The zero-order valence-electron chi connectivity index (χ0n) is 20.3. The predicted octanol–water partition coefficient (Wildman–Crippen LogP) is 3.97. The molecule has 0 saturated carbocycles. The zero-order valence-corrected chi connectivity index (χ0v) is 20.3. The number of halogens is 1. The van der Waals surface area contributed by atoms with Crippen LogP contribution >= 0.6 is 0 Å². The minimum absolute atomic E-state index is 0.190. The minimum atomic E-state index is -0.411. The number of aromatic nitrogens is 2. The molecule has 34 heavy (non-hydrogen) atoms. The van der Waals surface area contributed by atoms with Gasteiger partial charge in [-0.25, -0.2) is 9.37 Å². The highest BCUT2D eigenvalue weighted by Gasteiger charge is 2.21. The highest BCUT2D eigenvalue weighted by Crippen LogP contribution is 2.19. The van der Waals surface area contributed by atoms with Crippen LogP contribution in [-0.4, -0.2) is 64.7 Å². The van der Waals surface area contributed by atoms with Crippen LogP contribution in [0, 0.1) is 26.6 Å². The largest absolute Gasteiger partial charge is 0.379 e. The lowest BCUT2D eigenvalue weighted by atomic mass is 10.00. The third kappa shape index (κ3) is 5.90. The number of rotatable bonds is 8. The van der Waals surface area contributed by atoms with Crippen molar-refractivity contribution in [2.24, 2.45) is 0 Å². The molecule has 0 spiro atoms. The monoisotopic (exact) mass is 464 g/mol. The summed E-state index contributed by atoms with van der Waals surface area (Å²) < 4.78 is 21.4. The van der Waals surface area contributed by atoms with Crippen molar-refractivity contribution in [3.63, 3.8) is 0 Å². The van der Waals surface area contributed by atoms with Crippen LogP contribution in [0.2, 0.25) is 0 Å². The first kappa shape index (κ1) is 24.1. The van der Waals surface area contributed by atoms with E-state index in [9.17, 15) is 9.18 Å². The average Bonchev–Trinajstić information content (AvgIpc) is 3.25. The SMILES string of the molecule is Cc1cc(C)c(Cn2ccnc2CN(CCN2CCOCC2)C(=O)c2cccc(F)c2)c(C)c1. The average molecular weight is 465 g/mol. The topological polar surface area (TPSA) is 50.6 Å². The van der Waals surface area contributed by atoms with Gasteiger partial charge in [0.15, 0.2) is 0 Å². The molecule has 7 heteroatoms. The van der Waals surface area contributed by atoms with Crippen LogP contribution in [0.5, 0.6) is 0 Å². The predicted molar refractivity (Wildman–Crippen MR) is 130 cm³/mol. The Morgan fingerprint density at radius 1 is 1.12 bits per heavy atom. The number of imidazole rings is 1. The highest BCUT2D eigenvalue weighted by molar-refractivity contribution is 5.94. The van der Waals surface area contributed by atoms with E-state index in [1.165, 1.54) is 34.4 Å². The van der Waals surface area contributed by atoms with E-state index in [0.29, 0.717) is 38.4 Å². The van der Waals surface area contributed by atoms with E-state index >= 15 is 0 Å². The van der Waals surface area contributed by atoms with Crippen molar-refractivity contribution in [2.75, 3.05) is 39.4 Å². The molecule has 2 aromatic carbocycles. The smallest absolute Gasteiger partial charge is 0.254 e. The summed E-state index contributed by atoms with van der Waals surface area (Å²) in [5.74, 6) is 0.210. The van der Waals surface area contributed by atoms with Gasteiger partial charge in [-0.1, -0.05) is 23.8 Å². The number of carbonyl (C=O) groups excluding carboxylic acids is 1. The molecular weight excluding hydrogens is 431 g/mol. The zero-order chi connectivity index (χ0) is 24.1. The van der Waals surface area contributed by atoms with Gasteiger partial charge in [0, 0.05) is 50.7 Å². The summed E-state index contributed by atoms with van der Waals surface area (Å²) in [4.78, 5) is 22.0. The van der Waals surface area contributed by atoms with E-state index in [2.05, 4.69) is 47.4 Å². The van der Waals surface area contributed by atoms with Gasteiger partial charge in [0.1, 0.15) is 11.6 Å². The van der Waals surface area contributed by atoms with Gasteiger partial charge >= 0.3 is 0 Å². The molecular formula is C27H33FN4O2. The molecule has 1 saturated heterocycles. The number of ether oxygens (including phenoxy) is 1. The van der Waals surface area contributed by atoms with Gasteiger partial charge in [-0.15, -0.1) is 0 Å². The number of hydrogen-bond donors (Lipinski definition) is 0. The van der Waals surface area contributed by atoms with Gasteiger partial charge in [0.25, 0.3) is 5.91 Å². The van der Waals surface area contributed by atoms with E-state index in [1.807, 2.05) is 6.20 Å². The maximum Gasteiger partial charge on any atom is 0.254 e. The molecule has 0 radical (unpaired) electrons. The van der Waals surface area contributed by atoms with Gasteiger partial charge in [-0.2, -0.15) is 0 Å². The number of aryl methyl sites for hydroxylation is 3. The van der Waals surface area contributed by atoms with E-state index in [1.54, 1.807) is 23.2 Å². The Labute approximate surface area is 201 Å². The third-order valence-electron chi connectivity index (χ3n) is 6.45. The second-order valence-corrected chi connectivity index (χ2v) is 9.04. The van der Waals surface area contributed by atoms with Crippen LogP contribution in [-0.2, 0) is 17.8 Å². The van der Waals surface area contributed by atoms with Crippen LogP contribution in [0.4, 0.5) is 4.39 Å². The number of hydrogen-bond acceptors (Lipinski definition) is 4. The first-order valence-corrected chi connectivity index (χ1v) is 11.8. The molecule has 1 aromatic heterocycles. The van der Waals surface area contributed by atoms with Crippen molar-refractivity contribution < 1.29 is 13.9 Å². The lowest BCUT2D eigenvalue weighted by Gasteiger charge is -2.30. The van der Waals surface area contributed by atoms with Crippen molar-refractivity contribution in [3.05, 3.63) is 88.3 Å². The summed E-state index contributed by atoms with van der Waals surface area (Å²) in [5, 5.41) is 0. The molecule has 3 aromatic rings. The van der Waals surface area contributed by atoms with Gasteiger partial charge in [-0.3, -0.25) is 9.69 Å². The quantitative estimate of drug-likeness (QED) is 0.506. The molecule has 4 rings (SSSR count). The third-order valence-corrected chi connectivity index (χ3v) is 6.45. The molecule has 6 nitrogen and oxygen atoms in total. The first-order chi connectivity index (χ1) is 16.4. The molecule has 180 valence electrons. The Morgan fingerprint density at radius 3 is 2.56 bits per heavy atom. The molecule has 0 aliphatic carbocycles. The molecule has 0 bridgehead atoms. The van der Waals surface area contributed by atoms with Crippen molar-refractivity contribution >= 4 is 5.91 Å². The number of morpholine rings is 1. The molecule has 0 unspecified atom stereocenters. The molecule has 1 aliphatic heterocycles. The maximum atomic E-state index is 13.8. The van der Waals surface area contributed by atoms with Crippen LogP contribution in [0.3, 0.4) is 0 Å². The number of nitrogens with zero attached hydrogens (tertiary/aromatic N) is 4. The molecule has 1 fully saturated rings. The van der Waals surface area contributed by atoms with Crippen molar-refractivity contribution in [3.8, 4) is 0 Å². The number of benzene rings is 2. The van der Waals surface area contributed by atoms with Crippen molar-refractivity contribution in [2.45, 2.75) is 33.9 Å². The van der Waals surface area contributed by atoms with Gasteiger partial charge < -0.3 is 14.2 Å². The number of amides is 1. The summed E-state index contributed by atoms with van der Waals surface area (Å²) in [6.45, 7) is 11.8. The van der Waals surface area contributed by atoms with Crippen molar-refractivity contribution in [1.29, 1.82) is 0 Å². The summed E-state index contributed by atoms with van der Waals surface area (Å²) >= 11 is 0. The number of carbonyl (C=O) groups is 1. The Kier molecular flexibility index (Phi) is 7.75. The fourth-order valence-corrected chi connectivity index (χ4v) is 4.58. The lowest BCUT2D eigenvalue weighted by molar-refractivity contribution is 0.0318. The van der Waals surface area contributed by atoms with Gasteiger partial charge in [0.05, 0.1) is 19.8 Å². The summed E-state index contributed by atoms with van der Waals surface area (Å²) in [5.41, 5.74) is 5.36. The van der Waals surface area contributed by atoms with Crippen molar-refractivity contribution in [1.82, 2.24) is 19.4 Å². The second-order valence-electron chi connectivity index (χ2n) is 9.04. The summed E-state index contributed by atoms with van der Waals surface area (Å²) in [6.07, 6.45) is 3.74. The van der Waals surface area contributed by atoms with E-state index in [-0.39, 0.29) is 5.91 Å². The van der Waals surface area contributed by atoms with Crippen LogP contribution in [0.25, 0.3) is 0 Å². The molecule has 0 N–H and O–H groups in total. The Morgan fingerprint density at radius 2 is 1.85 bits per heavy atom. The van der Waals surface area contributed by atoms with Crippen LogP contribution in [0.15, 0.2) is 48.8 Å². The molecule has 0 atom stereocenters.